The molecule has 0 radical (unpaired) electrons. The average molecular weight is 374 g/mol. The normalized spacial score (nSPS) is 13.3. The van der Waals surface area contributed by atoms with Crippen LogP contribution in [0.1, 0.15) is 34.9 Å². The molecule has 1 aliphatic carbocycles. The first-order chi connectivity index (χ1) is 13.0. The van der Waals surface area contributed by atoms with Crippen molar-refractivity contribution in [1.82, 2.24) is 9.88 Å². The molecule has 1 aromatic heterocycles. The zero-order chi connectivity index (χ0) is 19.6. The molecule has 0 saturated heterocycles. The molecule has 27 heavy (non-hydrogen) atoms. The number of hydrogen-bond acceptors (Lipinski definition) is 6. The number of aromatic nitrogens is 1. The Labute approximate surface area is 156 Å². The maximum absolute atomic E-state index is 12.7. The number of nitrogens with one attached hydrogen (secondary N) is 1. The van der Waals surface area contributed by atoms with E-state index in [1.54, 1.807) is 13.2 Å². The summed E-state index contributed by atoms with van der Waals surface area (Å²) >= 11 is 0. The van der Waals surface area contributed by atoms with E-state index >= 15 is 0 Å². The van der Waals surface area contributed by atoms with Crippen LogP contribution in [-0.4, -0.2) is 49.8 Å². The molecule has 144 valence electrons. The summed E-state index contributed by atoms with van der Waals surface area (Å²) in [6, 6.07) is 5.97. The lowest BCUT2D eigenvalue weighted by Crippen LogP contribution is -2.33. The van der Waals surface area contributed by atoms with Crippen molar-refractivity contribution in [1.29, 1.82) is 0 Å². The van der Waals surface area contributed by atoms with Gasteiger partial charge in [-0.25, -0.2) is 4.79 Å². The summed E-state index contributed by atoms with van der Waals surface area (Å²) in [5.74, 6) is -1.10. The van der Waals surface area contributed by atoms with Crippen molar-refractivity contribution in [3.8, 4) is 5.75 Å². The van der Waals surface area contributed by atoms with Crippen LogP contribution >= 0.6 is 0 Å². The molecule has 0 unspecified atom stereocenters. The van der Waals surface area contributed by atoms with Crippen LogP contribution in [0.15, 0.2) is 18.2 Å². The number of benzene rings is 1. The quantitative estimate of drug-likeness (QED) is 0.742. The topological polar surface area (TPSA) is 95.9 Å². The van der Waals surface area contributed by atoms with Gasteiger partial charge in [-0.05, 0) is 38.0 Å². The summed E-state index contributed by atoms with van der Waals surface area (Å²) in [5, 5.41) is 3.06. The van der Waals surface area contributed by atoms with Gasteiger partial charge in [0.2, 0.25) is 0 Å². The van der Waals surface area contributed by atoms with Crippen molar-refractivity contribution in [2.45, 2.75) is 25.8 Å². The SMILES string of the molecule is COC(=O)CNC(=O)COC(=O)c1c(C)n(C2CC2)c2ccc(OC)cc12. The maximum Gasteiger partial charge on any atom is 0.341 e. The lowest BCUT2D eigenvalue weighted by molar-refractivity contribution is -0.141. The number of methoxy groups -OCH3 is 2. The van der Waals surface area contributed by atoms with Crippen molar-refractivity contribution in [3.63, 3.8) is 0 Å². The minimum absolute atomic E-state index is 0.274. The number of hydrogen-bond donors (Lipinski definition) is 1. The van der Waals surface area contributed by atoms with E-state index in [0.29, 0.717) is 17.4 Å². The number of carbonyl (C=O) groups excluding carboxylic acids is 3. The second kappa shape index (κ2) is 7.69. The number of carbonyl (C=O) groups is 3. The van der Waals surface area contributed by atoms with Crippen LogP contribution in [0.2, 0.25) is 0 Å². The van der Waals surface area contributed by atoms with Gasteiger partial charge in [-0.3, -0.25) is 9.59 Å². The molecule has 1 aliphatic rings. The Morgan fingerprint density at radius 2 is 1.96 bits per heavy atom. The Morgan fingerprint density at radius 3 is 2.59 bits per heavy atom. The van der Waals surface area contributed by atoms with E-state index in [9.17, 15) is 14.4 Å². The number of nitrogens with zero attached hydrogens (tertiary/aromatic N) is 1. The fourth-order valence-corrected chi connectivity index (χ4v) is 3.11. The molecular weight excluding hydrogens is 352 g/mol. The van der Waals surface area contributed by atoms with Gasteiger partial charge >= 0.3 is 11.9 Å². The van der Waals surface area contributed by atoms with Crippen LogP contribution in [0.3, 0.4) is 0 Å². The summed E-state index contributed by atoms with van der Waals surface area (Å²) in [6.07, 6.45) is 2.14. The van der Waals surface area contributed by atoms with E-state index in [2.05, 4.69) is 14.6 Å². The second-order valence-corrected chi connectivity index (χ2v) is 6.37. The highest BCUT2D eigenvalue weighted by Crippen LogP contribution is 2.42. The molecule has 1 aromatic carbocycles. The third-order valence-corrected chi connectivity index (χ3v) is 4.56. The highest BCUT2D eigenvalue weighted by atomic mass is 16.5. The van der Waals surface area contributed by atoms with Gasteiger partial charge in [-0.1, -0.05) is 0 Å². The van der Waals surface area contributed by atoms with Crippen LogP contribution in [-0.2, 0) is 19.1 Å². The fourth-order valence-electron chi connectivity index (χ4n) is 3.11. The molecule has 8 nitrogen and oxygen atoms in total. The van der Waals surface area contributed by atoms with Gasteiger partial charge in [0.05, 0.1) is 19.8 Å². The first-order valence-electron chi connectivity index (χ1n) is 8.65. The number of ether oxygens (including phenoxy) is 3. The molecule has 1 heterocycles. The minimum Gasteiger partial charge on any atom is -0.497 e. The average Bonchev–Trinajstić information content (AvgIpc) is 3.46. The molecular formula is C19H22N2O6. The summed E-state index contributed by atoms with van der Waals surface area (Å²) in [7, 11) is 2.79. The summed E-state index contributed by atoms with van der Waals surface area (Å²) in [6.45, 7) is 1.12. The number of amides is 1. The maximum atomic E-state index is 12.7. The van der Waals surface area contributed by atoms with Gasteiger partial charge in [0, 0.05) is 22.6 Å². The van der Waals surface area contributed by atoms with Crippen LogP contribution < -0.4 is 10.1 Å². The molecule has 3 rings (SSSR count). The highest BCUT2D eigenvalue weighted by molar-refractivity contribution is 6.07. The molecule has 0 bridgehead atoms. The Kier molecular flexibility index (Phi) is 5.34. The Bertz CT molecular complexity index is 897. The van der Waals surface area contributed by atoms with E-state index in [1.807, 2.05) is 19.1 Å². The number of rotatable bonds is 7. The molecule has 0 spiro atoms. The molecule has 1 N–H and O–H groups in total. The zero-order valence-electron chi connectivity index (χ0n) is 15.5. The Morgan fingerprint density at radius 1 is 1.22 bits per heavy atom. The third kappa shape index (κ3) is 3.89. The molecule has 1 amide bonds. The van der Waals surface area contributed by atoms with Crippen molar-refractivity contribution in [2.24, 2.45) is 0 Å². The summed E-state index contributed by atoms with van der Waals surface area (Å²) in [5.41, 5.74) is 2.18. The van der Waals surface area contributed by atoms with Crippen LogP contribution in [0.5, 0.6) is 5.75 Å². The largest absolute Gasteiger partial charge is 0.497 e. The van der Waals surface area contributed by atoms with Gasteiger partial charge in [-0.2, -0.15) is 0 Å². The molecule has 1 fully saturated rings. The first kappa shape index (κ1) is 18.8. The molecule has 2 aromatic rings. The minimum atomic E-state index is -0.585. The Balaban J connectivity index is 1.80. The van der Waals surface area contributed by atoms with Crippen molar-refractivity contribution < 1.29 is 28.6 Å². The molecule has 0 atom stereocenters. The van der Waals surface area contributed by atoms with E-state index in [4.69, 9.17) is 9.47 Å². The monoisotopic (exact) mass is 374 g/mol. The van der Waals surface area contributed by atoms with E-state index in [-0.39, 0.29) is 6.54 Å². The molecule has 8 heteroatoms. The number of esters is 2. The van der Waals surface area contributed by atoms with Crippen molar-refractivity contribution in [2.75, 3.05) is 27.4 Å². The van der Waals surface area contributed by atoms with E-state index in [0.717, 1.165) is 29.4 Å². The lowest BCUT2D eigenvalue weighted by atomic mass is 10.1. The van der Waals surface area contributed by atoms with Gasteiger partial charge in [0.25, 0.3) is 5.91 Å². The first-order valence-corrected chi connectivity index (χ1v) is 8.65. The predicted octanol–water partition coefficient (Wildman–Crippen LogP) is 1.74. The van der Waals surface area contributed by atoms with Gasteiger partial charge in [-0.15, -0.1) is 0 Å². The zero-order valence-corrected chi connectivity index (χ0v) is 15.5. The van der Waals surface area contributed by atoms with Gasteiger partial charge in [0.15, 0.2) is 6.61 Å². The highest BCUT2D eigenvalue weighted by Gasteiger charge is 2.31. The van der Waals surface area contributed by atoms with E-state index < -0.39 is 24.5 Å². The number of fused-ring (bicyclic) bond motifs is 1. The van der Waals surface area contributed by atoms with Crippen LogP contribution in [0.4, 0.5) is 0 Å². The predicted molar refractivity (Wildman–Crippen MR) is 96.8 cm³/mol. The molecule has 0 aliphatic heterocycles. The van der Waals surface area contributed by atoms with Gasteiger partial charge in [0.1, 0.15) is 12.3 Å². The van der Waals surface area contributed by atoms with Gasteiger partial charge < -0.3 is 24.1 Å². The Hall–Kier alpha value is -3.03. The second-order valence-electron chi connectivity index (χ2n) is 6.37. The van der Waals surface area contributed by atoms with E-state index in [1.165, 1.54) is 7.11 Å². The smallest absolute Gasteiger partial charge is 0.341 e. The van der Waals surface area contributed by atoms with Crippen LogP contribution in [0, 0.1) is 6.92 Å². The van der Waals surface area contributed by atoms with Crippen molar-refractivity contribution in [3.05, 3.63) is 29.5 Å². The molecule has 1 saturated carbocycles. The van der Waals surface area contributed by atoms with Crippen molar-refractivity contribution >= 4 is 28.7 Å². The van der Waals surface area contributed by atoms with Crippen LogP contribution in [0.25, 0.3) is 10.9 Å². The standard InChI is InChI=1S/C19H22N2O6/c1-11-18(19(24)27-10-16(22)20-9-17(23)26-3)14-8-13(25-2)6-7-15(14)21(11)12-4-5-12/h6-8,12H,4-5,9-10H2,1-3H3,(H,20,22). The lowest BCUT2D eigenvalue weighted by Gasteiger charge is -2.07. The third-order valence-electron chi connectivity index (χ3n) is 4.56. The fraction of sp³-hybridized carbons (Fsp3) is 0.421. The summed E-state index contributed by atoms with van der Waals surface area (Å²) in [4.78, 5) is 35.5. The summed E-state index contributed by atoms with van der Waals surface area (Å²) < 4.78 is 17.0.